The normalized spacial score (nSPS) is 17.2. The van der Waals surface area contributed by atoms with Gasteiger partial charge >= 0.3 is 6.18 Å². The summed E-state index contributed by atoms with van der Waals surface area (Å²) in [7, 11) is 0. The van der Waals surface area contributed by atoms with Crippen molar-refractivity contribution >= 4 is 22.4 Å². The average Bonchev–Trinajstić information content (AvgIpc) is 3.48. The van der Waals surface area contributed by atoms with Gasteiger partial charge in [-0.15, -0.1) is 0 Å². The number of hydrogen-bond acceptors (Lipinski definition) is 5. The Morgan fingerprint density at radius 2 is 2.00 bits per heavy atom. The van der Waals surface area contributed by atoms with Crippen molar-refractivity contribution in [3.63, 3.8) is 0 Å². The summed E-state index contributed by atoms with van der Waals surface area (Å²) in [5, 5.41) is 26.9. The van der Waals surface area contributed by atoms with Crippen molar-refractivity contribution in [3.8, 4) is 6.07 Å². The van der Waals surface area contributed by atoms with Crippen LogP contribution in [0.2, 0.25) is 0 Å². The first-order chi connectivity index (χ1) is 14.6. The highest BCUT2D eigenvalue weighted by atomic mass is 19.4. The molecular weight excluding hydrogens is 411 g/mol. The number of nitrogens with zero attached hydrogens (tertiary/aromatic N) is 3. The standard InChI is InChI=1S/C21H20F3N5O2/c1-20(31,21(22,23)24)13-4-6-14(7-5-13)27-18-17-16(9-11-26-19(17)30)29(28-18)15(8-10-25)12-2-3-12/h4-7,9,11-12,15,31H,2-3,8H2,1H3,(H,26,30)(H,27,28). The molecule has 0 saturated heterocycles. The lowest BCUT2D eigenvalue weighted by atomic mass is 9.95. The third-order valence-electron chi connectivity index (χ3n) is 5.67. The fourth-order valence-electron chi connectivity index (χ4n) is 3.65. The van der Waals surface area contributed by atoms with Crippen LogP contribution in [0.4, 0.5) is 24.7 Å². The molecule has 1 aliphatic carbocycles. The molecule has 1 fully saturated rings. The lowest BCUT2D eigenvalue weighted by molar-refractivity contribution is -0.258. The van der Waals surface area contributed by atoms with Gasteiger partial charge in [-0.2, -0.15) is 23.5 Å². The third-order valence-corrected chi connectivity index (χ3v) is 5.67. The number of anilines is 2. The molecule has 2 aromatic heterocycles. The minimum Gasteiger partial charge on any atom is -0.376 e. The molecule has 0 bridgehead atoms. The highest BCUT2D eigenvalue weighted by Gasteiger charge is 2.51. The Morgan fingerprint density at radius 3 is 2.58 bits per heavy atom. The first-order valence-electron chi connectivity index (χ1n) is 9.77. The number of alkyl halides is 3. The highest BCUT2D eigenvalue weighted by molar-refractivity contribution is 5.91. The van der Waals surface area contributed by atoms with Crippen LogP contribution in [-0.2, 0) is 5.60 Å². The molecule has 10 heteroatoms. The van der Waals surface area contributed by atoms with Gasteiger partial charge in [-0.1, -0.05) is 12.1 Å². The van der Waals surface area contributed by atoms with E-state index >= 15 is 0 Å². The molecule has 162 valence electrons. The number of H-pyrrole nitrogens is 1. The molecule has 2 heterocycles. The van der Waals surface area contributed by atoms with Crippen molar-refractivity contribution in [2.24, 2.45) is 5.92 Å². The lowest BCUT2D eigenvalue weighted by Gasteiger charge is -2.26. The molecule has 0 spiro atoms. The third kappa shape index (κ3) is 3.77. The first-order valence-corrected chi connectivity index (χ1v) is 9.77. The Morgan fingerprint density at radius 1 is 1.32 bits per heavy atom. The fourth-order valence-corrected chi connectivity index (χ4v) is 3.65. The summed E-state index contributed by atoms with van der Waals surface area (Å²) in [6, 6.07) is 8.83. The fraction of sp³-hybridized carbons (Fsp3) is 0.381. The Balaban J connectivity index is 1.71. The maximum absolute atomic E-state index is 13.1. The van der Waals surface area contributed by atoms with Crippen molar-refractivity contribution in [1.29, 1.82) is 5.26 Å². The Kier molecular flexibility index (Phi) is 5.01. The van der Waals surface area contributed by atoms with Gasteiger partial charge in [0.2, 0.25) is 0 Å². The van der Waals surface area contributed by atoms with E-state index in [4.69, 9.17) is 0 Å². The van der Waals surface area contributed by atoms with E-state index in [1.807, 2.05) is 0 Å². The summed E-state index contributed by atoms with van der Waals surface area (Å²) in [6.07, 6.45) is -1.07. The highest BCUT2D eigenvalue weighted by Crippen LogP contribution is 2.43. The van der Waals surface area contributed by atoms with Crippen LogP contribution in [0.1, 0.15) is 37.8 Å². The number of rotatable bonds is 6. The van der Waals surface area contributed by atoms with Gasteiger partial charge in [0.25, 0.3) is 5.56 Å². The van der Waals surface area contributed by atoms with Crippen LogP contribution in [0.25, 0.3) is 10.9 Å². The van der Waals surface area contributed by atoms with Crippen LogP contribution in [0.15, 0.2) is 41.3 Å². The average molecular weight is 431 g/mol. The van der Waals surface area contributed by atoms with Crippen LogP contribution in [0, 0.1) is 17.2 Å². The van der Waals surface area contributed by atoms with E-state index in [-0.39, 0.29) is 29.4 Å². The zero-order valence-electron chi connectivity index (χ0n) is 16.6. The van der Waals surface area contributed by atoms with E-state index in [1.165, 1.54) is 30.5 Å². The molecule has 1 aromatic carbocycles. The Hall–Kier alpha value is -3.32. The van der Waals surface area contributed by atoms with Crippen molar-refractivity contribution < 1.29 is 18.3 Å². The molecule has 1 aliphatic rings. The molecule has 31 heavy (non-hydrogen) atoms. The number of nitriles is 1. The van der Waals surface area contributed by atoms with Crippen molar-refractivity contribution in [1.82, 2.24) is 14.8 Å². The summed E-state index contributed by atoms with van der Waals surface area (Å²) in [5.74, 6) is 0.564. The summed E-state index contributed by atoms with van der Waals surface area (Å²) in [5.41, 5.74) is -2.67. The Labute approximate surface area is 175 Å². The van der Waals surface area contributed by atoms with Crippen molar-refractivity contribution in [2.45, 2.75) is 44.0 Å². The summed E-state index contributed by atoms with van der Waals surface area (Å²) in [6.45, 7) is 0.692. The minimum absolute atomic E-state index is 0.158. The minimum atomic E-state index is -4.82. The van der Waals surface area contributed by atoms with Crippen molar-refractivity contribution in [3.05, 3.63) is 52.4 Å². The molecular formula is C21H20F3N5O2. The van der Waals surface area contributed by atoms with Crippen LogP contribution < -0.4 is 10.9 Å². The second-order valence-electron chi connectivity index (χ2n) is 7.90. The molecule has 2 atom stereocenters. The number of aromatic amines is 1. The number of halogens is 3. The van der Waals surface area contributed by atoms with Gasteiger partial charge in [-0.25, -0.2) is 0 Å². The van der Waals surface area contributed by atoms with Gasteiger partial charge in [-0.05, 0) is 49.4 Å². The van der Waals surface area contributed by atoms with E-state index in [0.29, 0.717) is 29.4 Å². The van der Waals surface area contributed by atoms with Gasteiger partial charge in [0, 0.05) is 11.9 Å². The summed E-state index contributed by atoms with van der Waals surface area (Å²) >= 11 is 0. The molecule has 4 rings (SSSR count). The molecule has 3 aromatic rings. The molecule has 3 N–H and O–H groups in total. The monoisotopic (exact) mass is 431 g/mol. The van der Waals surface area contributed by atoms with Gasteiger partial charge in [-0.3, -0.25) is 9.48 Å². The number of hydrogen-bond donors (Lipinski definition) is 3. The van der Waals surface area contributed by atoms with Gasteiger partial charge in [0.1, 0.15) is 5.39 Å². The second-order valence-corrected chi connectivity index (χ2v) is 7.90. The van der Waals surface area contributed by atoms with E-state index in [1.54, 1.807) is 10.7 Å². The van der Waals surface area contributed by atoms with Gasteiger partial charge in [0.15, 0.2) is 11.4 Å². The first kappa shape index (κ1) is 20.9. The molecule has 1 saturated carbocycles. The molecule has 0 amide bonds. The zero-order valence-corrected chi connectivity index (χ0v) is 16.6. The SMILES string of the molecule is CC(O)(c1ccc(Nc2nn(C(CC#N)C3CC3)c3cc[nH]c(=O)c23)cc1)C(F)(F)F. The number of aromatic nitrogens is 3. The molecule has 0 aliphatic heterocycles. The maximum Gasteiger partial charge on any atom is 0.421 e. The summed E-state index contributed by atoms with van der Waals surface area (Å²) in [4.78, 5) is 15.1. The van der Waals surface area contributed by atoms with Crippen LogP contribution in [0.5, 0.6) is 0 Å². The maximum atomic E-state index is 13.1. The van der Waals surface area contributed by atoms with E-state index in [2.05, 4.69) is 21.5 Å². The van der Waals surface area contributed by atoms with Crippen molar-refractivity contribution in [2.75, 3.05) is 5.32 Å². The van der Waals surface area contributed by atoms with E-state index < -0.39 is 11.8 Å². The van der Waals surface area contributed by atoms with E-state index in [9.17, 15) is 28.3 Å². The van der Waals surface area contributed by atoms with E-state index in [0.717, 1.165) is 12.8 Å². The quantitative estimate of drug-likeness (QED) is 0.545. The number of benzene rings is 1. The summed E-state index contributed by atoms with van der Waals surface area (Å²) < 4.78 is 40.9. The molecule has 0 radical (unpaired) electrons. The van der Waals surface area contributed by atoms with Gasteiger partial charge < -0.3 is 15.4 Å². The number of aliphatic hydroxyl groups is 1. The number of nitrogens with one attached hydrogen (secondary N) is 2. The zero-order chi connectivity index (χ0) is 22.4. The Bertz CT molecular complexity index is 1200. The lowest BCUT2D eigenvalue weighted by Crippen LogP contribution is -2.39. The predicted molar refractivity (Wildman–Crippen MR) is 108 cm³/mol. The smallest absolute Gasteiger partial charge is 0.376 e. The molecule has 2 unspecified atom stereocenters. The van der Waals surface area contributed by atoms with Crippen LogP contribution in [0.3, 0.4) is 0 Å². The second kappa shape index (κ2) is 7.42. The number of pyridine rings is 1. The van der Waals surface area contributed by atoms with Crippen LogP contribution >= 0.6 is 0 Å². The largest absolute Gasteiger partial charge is 0.421 e. The van der Waals surface area contributed by atoms with Crippen LogP contribution in [-0.4, -0.2) is 26.0 Å². The van der Waals surface area contributed by atoms with Gasteiger partial charge in [0.05, 0.1) is 24.0 Å². The predicted octanol–water partition coefficient (Wildman–Crippen LogP) is 4.10. The molecule has 7 nitrogen and oxygen atoms in total. The number of fused-ring (bicyclic) bond motifs is 1. The topological polar surface area (TPSA) is 107 Å².